The molecular formula is C68H114O6. The Bertz CT molecular complexity index is 1510. The van der Waals surface area contributed by atoms with Crippen molar-refractivity contribution in [3.63, 3.8) is 0 Å². The third-order valence-electron chi connectivity index (χ3n) is 13.0. The lowest BCUT2D eigenvalue weighted by molar-refractivity contribution is -0.167. The van der Waals surface area contributed by atoms with Crippen LogP contribution in [0.2, 0.25) is 0 Å². The maximum atomic E-state index is 12.9. The average Bonchev–Trinajstić information content (AvgIpc) is 3.40. The molecule has 74 heavy (non-hydrogen) atoms. The molecule has 1 atom stereocenters. The molecule has 0 N–H and O–H groups in total. The number of carbonyl (C=O) groups excluding carboxylic acids is 3. The average molecular weight is 1030 g/mol. The van der Waals surface area contributed by atoms with E-state index in [9.17, 15) is 14.4 Å². The van der Waals surface area contributed by atoms with Gasteiger partial charge in [-0.05, 0) is 103 Å². The van der Waals surface area contributed by atoms with Crippen LogP contribution in [-0.2, 0) is 28.6 Å². The van der Waals surface area contributed by atoms with Gasteiger partial charge in [0.2, 0.25) is 0 Å². The van der Waals surface area contributed by atoms with Crippen LogP contribution in [-0.4, -0.2) is 37.2 Å². The number of carbonyl (C=O) groups is 3. The first-order valence-corrected chi connectivity index (χ1v) is 30.9. The van der Waals surface area contributed by atoms with Crippen LogP contribution < -0.4 is 0 Å². The zero-order chi connectivity index (χ0) is 53.6. The zero-order valence-electron chi connectivity index (χ0n) is 48.3. The molecule has 0 aromatic heterocycles. The number of rotatable bonds is 55. The number of allylic oxidation sites excluding steroid dienone is 18. The van der Waals surface area contributed by atoms with Crippen molar-refractivity contribution in [2.24, 2.45) is 0 Å². The smallest absolute Gasteiger partial charge is 0.306 e. The summed E-state index contributed by atoms with van der Waals surface area (Å²) in [6, 6.07) is 0. The molecule has 0 aliphatic heterocycles. The Labute approximate surface area is 457 Å². The zero-order valence-corrected chi connectivity index (χ0v) is 48.3. The molecule has 0 saturated carbocycles. The lowest BCUT2D eigenvalue weighted by Gasteiger charge is -2.18. The Morgan fingerprint density at radius 1 is 0.284 bits per heavy atom. The first-order valence-electron chi connectivity index (χ1n) is 30.9. The van der Waals surface area contributed by atoms with E-state index < -0.39 is 6.10 Å². The molecule has 0 rings (SSSR count). The van der Waals surface area contributed by atoms with Crippen molar-refractivity contribution in [2.75, 3.05) is 13.2 Å². The van der Waals surface area contributed by atoms with Gasteiger partial charge in [0.15, 0.2) is 6.10 Å². The minimum absolute atomic E-state index is 0.0947. The van der Waals surface area contributed by atoms with Crippen molar-refractivity contribution in [1.82, 2.24) is 0 Å². The number of hydrogen-bond acceptors (Lipinski definition) is 6. The molecule has 0 spiro atoms. The fourth-order valence-electron chi connectivity index (χ4n) is 8.46. The highest BCUT2D eigenvalue weighted by Gasteiger charge is 2.19. The first kappa shape index (κ1) is 70.1. The Hall–Kier alpha value is -3.93. The fourth-order valence-corrected chi connectivity index (χ4v) is 8.46. The lowest BCUT2D eigenvalue weighted by atomic mass is 10.0. The number of hydrogen-bond donors (Lipinski definition) is 0. The minimum Gasteiger partial charge on any atom is -0.462 e. The summed E-state index contributed by atoms with van der Waals surface area (Å²) in [5.41, 5.74) is 0. The van der Waals surface area contributed by atoms with Gasteiger partial charge < -0.3 is 14.2 Å². The third kappa shape index (κ3) is 59.0. The van der Waals surface area contributed by atoms with E-state index in [1.165, 1.54) is 109 Å². The summed E-state index contributed by atoms with van der Waals surface area (Å²) in [4.78, 5) is 38.2. The van der Waals surface area contributed by atoms with Gasteiger partial charge in [-0.15, -0.1) is 0 Å². The van der Waals surface area contributed by atoms with Crippen molar-refractivity contribution in [3.8, 4) is 0 Å². The molecule has 0 radical (unpaired) electrons. The molecule has 0 bridgehead atoms. The van der Waals surface area contributed by atoms with Crippen LogP contribution in [0.15, 0.2) is 109 Å². The van der Waals surface area contributed by atoms with Crippen LogP contribution in [0.25, 0.3) is 0 Å². The summed E-state index contributed by atoms with van der Waals surface area (Å²) in [6.45, 7) is 6.39. The van der Waals surface area contributed by atoms with E-state index in [1.807, 2.05) is 0 Å². The summed E-state index contributed by atoms with van der Waals surface area (Å²) in [5.74, 6) is -0.931. The van der Waals surface area contributed by atoms with Gasteiger partial charge in [-0.2, -0.15) is 0 Å². The van der Waals surface area contributed by atoms with E-state index in [1.54, 1.807) is 0 Å². The van der Waals surface area contributed by atoms with Crippen molar-refractivity contribution in [2.45, 2.75) is 290 Å². The molecule has 1 unspecified atom stereocenters. The molecule has 6 nitrogen and oxygen atoms in total. The quantitative estimate of drug-likeness (QED) is 0.0261. The van der Waals surface area contributed by atoms with Crippen LogP contribution in [0, 0.1) is 0 Å². The largest absolute Gasteiger partial charge is 0.462 e. The monoisotopic (exact) mass is 1030 g/mol. The van der Waals surface area contributed by atoms with Crippen LogP contribution in [0.3, 0.4) is 0 Å². The van der Waals surface area contributed by atoms with Crippen LogP contribution in [0.1, 0.15) is 284 Å². The SMILES string of the molecule is CC/C=C\C/C=C\C/C=C\C/C=C\C/C=C\C/C=C\CCCCCCCCC(=O)OCC(COC(=O)CCCCC/C=C\C/C=C\C/C=C\CC)OC(=O)CCCCCCCCCCCCCCCCCCCC. The Morgan fingerprint density at radius 3 is 0.838 bits per heavy atom. The Morgan fingerprint density at radius 2 is 0.527 bits per heavy atom. The molecular weight excluding hydrogens is 913 g/mol. The van der Waals surface area contributed by atoms with Gasteiger partial charge in [0.25, 0.3) is 0 Å². The van der Waals surface area contributed by atoms with Crippen molar-refractivity contribution < 1.29 is 28.6 Å². The maximum absolute atomic E-state index is 12.9. The molecule has 422 valence electrons. The minimum atomic E-state index is -0.797. The predicted molar refractivity (Wildman–Crippen MR) is 320 cm³/mol. The van der Waals surface area contributed by atoms with E-state index in [0.29, 0.717) is 19.3 Å². The predicted octanol–water partition coefficient (Wildman–Crippen LogP) is 21.0. The Balaban J connectivity index is 4.38. The molecule has 0 aromatic rings. The molecule has 0 heterocycles. The maximum Gasteiger partial charge on any atom is 0.306 e. The van der Waals surface area contributed by atoms with Crippen molar-refractivity contribution >= 4 is 17.9 Å². The second-order valence-corrected chi connectivity index (χ2v) is 20.2. The molecule has 0 aliphatic carbocycles. The molecule has 0 fully saturated rings. The standard InChI is InChI=1S/C68H114O6/c1-4-7-10-13-16-19-22-25-27-29-31-32-33-34-35-36-37-39-40-43-46-49-52-55-58-61-67(70)73-64-65(63-72-66(69)60-57-54-51-48-45-42-24-21-18-15-12-9-6-3)74-68(71)62-59-56-53-50-47-44-41-38-30-28-26-23-20-17-14-11-8-5-2/h7,9-10,12,16,18-19,21,25,27,31-32,34-35,37,39,42,45,65H,4-6,8,11,13-15,17,20,22-24,26,28-30,33,36,38,40-41,43-44,46-64H2,1-3H3/b10-7-,12-9-,19-16-,21-18-,27-25-,32-31-,35-34-,39-37-,45-42-. The lowest BCUT2D eigenvalue weighted by Crippen LogP contribution is -2.30. The summed E-state index contributed by atoms with van der Waals surface area (Å²) >= 11 is 0. The second kappa shape index (κ2) is 61.6. The molecule has 0 amide bonds. The van der Waals surface area contributed by atoms with Crippen LogP contribution in [0.5, 0.6) is 0 Å². The van der Waals surface area contributed by atoms with Crippen molar-refractivity contribution in [1.29, 1.82) is 0 Å². The second-order valence-electron chi connectivity index (χ2n) is 20.2. The molecule has 0 aromatic carbocycles. The van der Waals surface area contributed by atoms with Gasteiger partial charge >= 0.3 is 17.9 Å². The highest BCUT2D eigenvalue weighted by Crippen LogP contribution is 2.16. The van der Waals surface area contributed by atoms with E-state index in [4.69, 9.17) is 14.2 Å². The summed E-state index contributed by atoms with van der Waals surface area (Å²) in [6.07, 6.45) is 83.8. The van der Waals surface area contributed by atoms with E-state index >= 15 is 0 Å². The van der Waals surface area contributed by atoms with Gasteiger partial charge in [0.05, 0.1) is 0 Å². The molecule has 0 saturated heterocycles. The van der Waals surface area contributed by atoms with Gasteiger partial charge in [0.1, 0.15) is 13.2 Å². The van der Waals surface area contributed by atoms with E-state index in [0.717, 1.165) is 135 Å². The number of esters is 3. The van der Waals surface area contributed by atoms with Crippen LogP contribution in [0.4, 0.5) is 0 Å². The molecule has 6 heteroatoms. The third-order valence-corrected chi connectivity index (χ3v) is 13.0. The van der Waals surface area contributed by atoms with Gasteiger partial charge in [-0.25, -0.2) is 0 Å². The normalized spacial score (nSPS) is 12.9. The summed E-state index contributed by atoms with van der Waals surface area (Å²) in [5, 5.41) is 0. The summed E-state index contributed by atoms with van der Waals surface area (Å²) < 4.78 is 16.9. The van der Waals surface area contributed by atoms with Gasteiger partial charge in [0, 0.05) is 19.3 Å². The number of ether oxygens (including phenoxy) is 3. The van der Waals surface area contributed by atoms with E-state index in [2.05, 4.69) is 130 Å². The van der Waals surface area contributed by atoms with E-state index in [-0.39, 0.29) is 31.1 Å². The van der Waals surface area contributed by atoms with Crippen LogP contribution >= 0.6 is 0 Å². The van der Waals surface area contributed by atoms with Crippen molar-refractivity contribution in [3.05, 3.63) is 109 Å². The highest BCUT2D eigenvalue weighted by atomic mass is 16.6. The number of unbranched alkanes of at least 4 members (excludes halogenated alkanes) is 26. The topological polar surface area (TPSA) is 78.9 Å². The Kier molecular flexibility index (Phi) is 58.3. The fraction of sp³-hybridized carbons (Fsp3) is 0.691. The highest BCUT2D eigenvalue weighted by molar-refractivity contribution is 5.71. The van der Waals surface area contributed by atoms with Gasteiger partial charge in [-0.3, -0.25) is 14.4 Å². The first-order chi connectivity index (χ1) is 36.5. The summed E-state index contributed by atoms with van der Waals surface area (Å²) in [7, 11) is 0. The molecule has 0 aliphatic rings. The van der Waals surface area contributed by atoms with Gasteiger partial charge in [-0.1, -0.05) is 271 Å².